The van der Waals surface area contributed by atoms with E-state index in [4.69, 9.17) is 32.4 Å². The fraction of sp³-hybridized carbons (Fsp3) is 0.100. The van der Waals surface area contributed by atoms with Crippen LogP contribution in [-0.4, -0.2) is 17.3 Å². The van der Waals surface area contributed by atoms with Gasteiger partial charge in [0.25, 0.3) is 0 Å². The van der Waals surface area contributed by atoms with Crippen LogP contribution in [0.5, 0.6) is 0 Å². The summed E-state index contributed by atoms with van der Waals surface area (Å²) in [5.41, 5.74) is 0.634. The Bertz CT molecular complexity index is 499. The van der Waals surface area contributed by atoms with Crippen LogP contribution in [-0.2, 0) is 4.74 Å². The third kappa shape index (κ3) is 2.35. The predicted molar refractivity (Wildman–Crippen MR) is 60.2 cm³/mol. The minimum atomic E-state index is 0.281. The van der Waals surface area contributed by atoms with Gasteiger partial charge in [-0.15, -0.1) is 10.2 Å². The Hall–Kier alpha value is -1.10. The normalized spacial score (nSPS) is 10.7. The van der Waals surface area contributed by atoms with E-state index in [1.165, 1.54) is 13.7 Å². The minimum absolute atomic E-state index is 0.281. The second-order valence-electron chi connectivity index (χ2n) is 2.92. The van der Waals surface area contributed by atoms with Gasteiger partial charge in [-0.1, -0.05) is 23.2 Å². The van der Waals surface area contributed by atoms with Crippen molar-refractivity contribution < 1.29 is 9.15 Å². The molecule has 2 aromatic rings. The van der Waals surface area contributed by atoms with Crippen LogP contribution in [0.2, 0.25) is 10.0 Å². The zero-order valence-corrected chi connectivity index (χ0v) is 9.79. The number of benzene rings is 1. The number of halogens is 2. The van der Waals surface area contributed by atoms with E-state index in [0.717, 1.165) is 0 Å². The summed E-state index contributed by atoms with van der Waals surface area (Å²) >= 11 is 11.8. The van der Waals surface area contributed by atoms with E-state index in [1.54, 1.807) is 18.2 Å². The molecule has 0 saturated carbocycles. The fourth-order valence-corrected chi connectivity index (χ4v) is 1.64. The molecule has 6 heteroatoms. The molecular weight excluding hydrogens is 251 g/mol. The summed E-state index contributed by atoms with van der Waals surface area (Å²) in [6.07, 6.45) is 0. The molecule has 1 radical (unpaired) electrons. The molecule has 1 aromatic carbocycles. The zero-order chi connectivity index (χ0) is 11.5. The van der Waals surface area contributed by atoms with Crippen molar-refractivity contribution >= 4 is 23.2 Å². The third-order valence-corrected chi connectivity index (χ3v) is 2.37. The van der Waals surface area contributed by atoms with Gasteiger partial charge in [-0.05, 0) is 18.2 Å². The van der Waals surface area contributed by atoms with Crippen molar-refractivity contribution in [1.82, 2.24) is 10.2 Å². The predicted octanol–water partition coefficient (Wildman–Crippen LogP) is 3.20. The molecule has 0 fully saturated rings. The van der Waals surface area contributed by atoms with Crippen molar-refractivity contribution in [3.05, 3.63) is 40.7 Å². The molecule has 0 bridgehead atoms. The Morgan fingerprint density at radius 1 is 1.31 bits per heavy atom. The molecule has 0 amide bonds. The Kier molecular flexibility index (Phi) is 3.43. The van der Waals surface area contributed by atoms with E-state index in [9.17, 15) is 0 Å². The van der Waals surface area contributed by atoms with Crippen LogP contribution in [0.4, 0.5) is 0 Å². The van der Waals surface area contributed by atoms with Gasteiger partial charge in [0.2, 0.25) is 11.8 Å². The van der Waals surface area contributed by atoms with Gasteiger partial charge >= 0.3 is 0 Å². The molecule has 0 unspecified atom stereocenters. The van der Waals surface area contributed by atoms with E-state index in [-0.39, 0.29) is 5.89 Å². The number of methoxy groups -OCH3 is 1. The lowest BCUT2D eigenvalue weighted by molar-refractivity contribution is 0.269. The van der Waals surface area contributed by atoms with Crippen LogP contribution in [0.1, 0.15) is 5.89 Å². The summed E-state index contributed by atoms with van der Waals surface area (Å²) in [5.74, 6) is 0.605. The lowest BCUT2D eigenvalue weighted by Gasteiger charge is -1.98. The van der Waals surface area contributed by atoms with Crippen LogP contribution in [0.25, 0.3) is 11.5 Å². The van der Waals surface area contributed by atoms with Gasteiger partial charge in [-0.25, -0.2) is 0 Å². The van der Waals surface area contributed by atoms with Gasteiger partial charge in [0, 0.05) is 12.1 Å². The summed E-state index contributed by atoms with van der Waals surface area (Å²) in [4.78, 5) is 0. The molecule has 0 aliphatic rings. The average molecular weight is 258 g/mol. The quantitative estimate of drug-likeness (QED) is 0.848. The van der Waals surface area contributed by atoms with Gasteiger partial charge in [0.15, 0.2) is 6.61 Å². The second-order valence-corrected chi connectivity index (χ2v) is 3.77. The summed E-state index contributed by atoms with van der Waals surface area (Å²) in [6.45, 7) is 1.35. The Labute approximate surface area is 102 Å². The maximum atomic E-state index is 6.00. The molecule has 4 nitrogen and oxygen atoms in total. The van der Waals surface area contributed by atoms with E-state index in [0.29, 0.717) is 21.5 Å². The molecule has 0 saturated heterocycles. The lowest BCUT2D eigenvalue weighted by atomic mass is 10.2. The molecule has 83 valence electrons. The number of aromatic nitrogens is 2. The molecule has 0 aliphatic heterocycles. The van der Waals surface area contributed by atoms with Gasteiger partial charge < -0.3 is 9.15 Å². The summed E-state index contributed by atoms with van der Waals surface area (Å²) in [7, 11) is 1.50. The van der Waals surface area contributed by atoms with Crippen molar-refractivity contribution in [3.8, 4) is 11.5 Å². The Morgan fingerprint density at radius 2 is 2.12 bits per heavy atom. The number of ether oxygens (including phenoxy) is 1. The highest BCUT2D eigenvalue weighted by molar-refractivity contribution is 6.36. The molecule has 0 aliphatic carbocycles. The molecule has 1 aromatic heterocycles. The Morgan fingerprint density at radius 3 is 2.81 bits per heavy atom. The van der Waals surface area contributed by atoms with Gasteiger partial charge in [0.1, 0.15) is 0 Å². The zero-order valence-electron chi connectivity index (χ0n) is 8.28. The SMILES string of the molecule is CO[CH]c1nnc(-c2ccc(Cl)cc2Cl)o1. The van der Waals surface area contributed by atoms with E-state index < -0.39 is 0 Å². The van der Waals surface area contributed by atoms with Crippen molar-refractivity contribution in [2.24, 2.45) is 0 Å². The summed E-state index contributed by atoms with van der Waals surface area (Å²) < 4.78 is 10.1. The summed E-state index contributed by atoms with van der Waals surface area (Å²) in [5, 5.41) is 8.61. The lowest BCUT2D eigenvalue weighted by Crippen LogP contribution is -1.82. The van der Waals surface area contributed by atoms with Gasteiger partial charge in [-0.2, -0.15) is 0 Å². The van der Waals surface area contributed by atoms with Crippen molar-refractivity contribution in [1.29, 1.82) is 0 Å². The highest BCUT2D eigenvalue weighted by atomic mass is 35.5. The molecular formula is C10H7Cl2N2O2. The first-order valence-electron chi connectivity index (χ1n) is 4.35. The number of nitrogens with zero attached hydrogens (tertiary/aromatic N) is 2. The molecule has 16 heavy (non-hydrogen) atoms. The van der Waals surface area contributed by atoms with Crippen LogP contribution >= 0.6 is 23.2 Å². The maximum Gasteiger partial charge on any atom is 0.249 e. The molecule has 1 heterocycles. The summed E-state index contributed by atoms with van der Waals surface area (Å²) in [6, 6.07) is 5.03. The minimum Gasteiger partial charge on any atom is -0.418 e. The van der Waals surface area contributed by atoms with Crippen molar-refractivity contribution in [2.45, 2.75) is 0 Å². The molecule has 0 spiro atoms. The second kappa shape index (κ2) is 4.82. The first kappa shape index (κ1) is 11.4. The topological polar surface area (TPSA) is 48.2 Å². The maximum absolute atomic E-state index is 6.00. The first-order chi connectivity index (χ1) is 7.70. The highest BCUT2D eigenvalue weighted by Gasteiger charge is 2.12. The van der Waals surface area contributed by atoms with Crippen molar-refractivity contribution in [3.63, 3.8) is 0 Å². The van der Waals surface area contributed by atoms with Gasteiger partial charge in [-0.3, -0.25) is 0 Å². The number of rotatable bonds is 3. The fourth-order valence-electron chi connectivity index (χ4n) is 1.15. The van der Waals surface area contributed by atoms with E-state index in [1.807, 2.05) is 0 Å². The molecule has 0 N–H and O–H groups in total. The average Bonchev–Trinajstić information content (AvgIpc) is 2.67. The number of hydrogen-bond acceptors (Lipinski definition) is 4. The van der Waals surface area contributed by atoms with Crippen LogP contribution < -0.4 is 0 Å². The highest BCUT2D eigenvalue weighted by Crippen LogP contribution is 2.29. The number of hydrogen-bond donors (Lipinski definition) is 0. The van der Waals surface area contributed by atoms with Crippen LogP contribution in [0.3, 0.4) is 0 Å². The first-order valence-corrected chi connectivity index (χ1v) is 5.11. The van der Waals surface area contributed by atoms with Crippen LogP contribution in [0, 0.1) is 6.61 Å². The van der Waals surface area contributed by atoms with E-state index in [2.05, 4.69) is 10.2 Å². The standard InChI is InChI=1S/C10H7Cl2N2O2/c1-15-5-9-13-14-10(16-9)7-3-2-6(11)4-8(7)12/h2-5H,1H3. The van der Waals surface area contributed by atoms with Gasteiger partial charge in [0.05, 0.1) is 10.6 Å². The van der Waals surface area contributed by atoms with Crippen molar-refractivity contribution in [2.75, 3.05) is 7.11 Å². The smallest absolute Gasteiger partial charge is 0.249 e. The largest absolute Gasteiger partial charge is 0.418 e. The van der Waals surface area contributed by atoms with Crippen LogP contribution in [0.15, 0.2) is 22.6 Å². The monoisotopic (exact) mass is 257 g/mol. The van der Waals surface area contributed by atoms with E-state index >= 15 is 0 Å². The Balaban J connectivity index is 2.35. The third-order valence-electron chi connectivity index (χ3n) is 1.82. The molecule has 0 atom stereocenters. The molecule has 2 rings (SSSR count).